The van der Waals surface area contributed by atoms with Crippen LogP contribution in [0.15, 0.2) is 109 Å². The molecule has 186 valence electrons. The van der Waals surface area contributed by atoms with Gasteiger partial charge in [-0.25, -0.2) is 4.98 Å². The summed E-state index contributed by atoms with van der Waals surface area (Å²) in [6.45, 7) is 6.49. The summed E-state index contributed by atoms with van der Waals surface area (Å²) in [5.74, 6) is 1.85. The van der Waals surface area contributed by atoms with Crippen LogP contribution in [0, 0.1) is 20.8 Å². The van der Waals surface area contributed by atoms with Crippen LogP contribution in [0.4, 0.5) is 0 Å². The molecule has 0 fully saturated rings. The minimum absolute atomic E-state index is 0.897. The van der Waals surface area contributed by atoms with Crippen molar-refractivity contribution in [1.82, 2.24) is 9.55 Å². The number of fused-ring (bicyclic) bond motifs is 1. The number of benzene rings is 5. The molecule has 6 aromatic rings. The van der Waals surface area contributed by atoms with Crippen molar-refractivity contribution >= 4 is 11.0 Å². The molecule has 0 bridgehead atoms. The fourth-order valence-electron chi connectivity index (χ4n) is 5.45. The van der Waals surface area contributed by atoms with Gasteiger partial charge in [-0.05, 0) is 78.9 Å². The van der Waals surface area contributed by atoms with Crippen molar-refractivity contribution in [1.29, 1.82) is 0 Å². The lowest BCUT2D eigenvalue weighted by atomic mass is 9.90. The van der Waals surface area contributed by atoms with Crippen molar-refractivity contribution in [3.05, 3.63) is 126 Å². The van der Waals surface area contributed by atoms with Crippen molar-refractivity contribution in [3.63, 3.8) is 0 Å². The quantitative estimate of drug-likeness (QED) is 0.239. The molecular formula is C35H30N2O. The van der Waals surface area contributed by atoms with Gasteiger partial charge in [0.25, 0.3) is 0 Å². The molecule has 0 unspecified atom stereocenters. The summed E-state index contributed by atoms with van der Waals surface area (Å²) < 4.78 is 8.31. The van der Waals surface area contributed by atoms with Crippen molar-refractivity contribution in [2.45, 2.75) is 20.8 Å². The van der Waals surface area contributed by atoms with Crippen molar-refractivity contribution in [2.75, 3.05) is 7.11 Å². The van der Waals surface area contributed by atoms with Crippen LogP contribution in [0.5, 0.6) is 5.75 Å². The maximum absolute atomic E-state index is 6.05. The first kappa shape index (κ1) is 23.7. The number of aryl methyl sites for hydroxylation is 3. The van der Waals surface area contributed by atoms with Gasteiger partial charge >= 0.3 is 0 Å². The van der Waals surface area contributed by atoms with Crippen molar-refractivity contribution in [3.8, 4) is 45.1 Å². The van der Waals surface area contributed by atoms with Gasteiger partial charge in [-0.15, -0.1) is 0 Å². The molecule has 0 amide bonds. The van der Waals surface area contributed by atoms with E-state index in [1.807, 2.05) is 12.1 Å². The number of methoxy groups -OCH3 is 1. The zero-order valence-electron chi connectivity index (χ0n) is 22.2. The van der Waals surface area contributed by atoms with E-state index < -0.39 is 0 Å². The predicted molar refractivity (Wildman–Crippen MR) is 158 cm³/mol. The third-order valence-corrected chi connectivity index (χ3v) is 7.33. The first-order valence-corrected chi connectivity index (χ1v) is 12.9. The number of rotatable bonds is 5. The Labute approximate surface area is 224 Å². The van der Waals surface area contributed by atoms with Gasteiger partial charge in [0.2, 0.25) is 0 Å². The first-order chi connectivity index (χ1) is 18.6. The number of nitrogens with zero attached hydrogens (tertiary/aromatic N) is 2. The van der Waals surface area contributed by atoms with Crippen molar-refractivity contribution in [2.24, 2.45) is 0 Å². The van der Waals surface area contributed by atoms with Gasteiger partial charge in [0.15, 0.2) is 0 Å². The minimum atomic E-state index is 0.897. The lowest BCUT2D eigenvalue weighted by Gasteiger charge is -2.19. The van der Waals surface area contributed by atoms with E-state index in [0.717, 1.165) is 45.0 Å². The van der Waals surface area contributed by atoms with E-state index in [0.29, 0.717) is 0 Å². The van der Waals surface area contributed by atoms with Gasteiger partial charge in [0.1, 0.15) is 11.6 Å². The largest absolute Gasteiger partial charge is 0.495 e. The first-order valence-electron chi connectivity index (χ1n) is 12.9. The van der Waals surface area contributed by atoms with Gasteiger partial charge in [-0.1, -0.05) is 78.9 Å². The van der Waals surface area contributed by atoms with Crippen LogP contribution >= 0.6 is 0 Å². The number of para-hydroxylation sites is 4. The van der Waals surface area contributed by atoms with Crippen LogP contribution in [-0.2, 0) is 0 Å². The molecule has 3 heteroatoms. The number of hydrogen-bond acceptors (Lipinski definition) is 2. The van der Waals surface area contributed by atoms with Crippen LogP contribution in [0.1, 0.15) is 16.7 Å². The molecule has 0 saturated carbocycles. The summed E-state index contributed by atoms with van der Waals surface area (Å²) in [5.41, 5.74) is 12.4. The highest BCUT2D eigenvalue weighted by molar-refractivity contribution is 5.88. The van der Waals surface area contributed by atoms with E-state index in [4.69, 9.17) is 9.72 Å². The van der Waals surface area contributed by atoms with Crippen LogP contribution < -0.4 is 4.74 Å². The molecule has 0 N–H and O–H groups in total. The van der Waals surface area contributed by atoms with Gasteiger partial charge < -0.3 is 4.74 Å². The van der Waals surface area contributed by atoms with E-state index in [2.05, 4.69) is 122 Å². The monoisotopic (exact) mass is 494 g/mol. The standard InChI is InChI=1S/C35H30N2O/c1-23-13-8-9-16-27(23)28-17-12-18-29(34(28)38-4)30-21-25(3)31(22-24(30)2)35-36-32-19-10-11-20-33(32)37(35)26-14-6-5-7-15-26/h5-22H,1-4H3. The highest BCUT2D eigenvalue weighted by atomic mass is 16.5. The Morgan fingerprint density at radius 2 is 1.16 bits per heavy atom. The van der Waals surface area contributed by atoms with Gasteiger partial charge in [0.05, 0.1) is 18.1 Å². The minimum Gasteiger partial charge on any atom is -0.495 e. The Bertz CT molecular complexity index is 1780. The molecule has 1 aromatic heterocycles. The Balaban J connectivity index is 1.54. The van der Waals surface area contributed by atoms with Crippen LogP contribution in [0.3, 0.4) is 0 Å². The molecule has 1 heterocycles. The summed E-state index contributed by atoms with van der Waals surface area (Å²) in [5, 5.41) is 0. The second kappa shape index (κ2) is 9.68. The fraction of sp³-hybridized carbons (Fsp3) is 0.114. The molecule has 5 aromatic carbocycles. The van der Waals surface area contributed by atoms with Crippen LogP contribution in [0.2, 0.25) is 0 Å². The van der Waals surface area contributed by atoms with Crippen molar-refractivity contribution < 1.29 is 4.74 Å². The highest BCUT2D eigenvalue weighted by Gasteiger charge is 2.20. The molecule has 0 radical (unpaired) electrons. The number of imidazole rings is 1. The maximum atomic E-state index is 6.05. The maximum Gasteiger partial charge on any atom is 0.146 e. The Morgan fingerprint density at radius 3 is 1.92 bits per heavy atom. The second-order valence-electron chi connectivity index (χ2n) is 9.78. The second-order valence-corrected chi connectivity index (χ2v) is 9.78. The van der Waals surface area contributed by atoms with E-state index in [-0.39, 0.29) is 0 Å². The molecule has 38 heavy (non-hydrogen) atoms. The van der Waals surface area contributed by atoms with Gasteiger partial charge in [0, 0.05) is 22.4 Å². The molecule has 0 aliphatic rings. The molecular weight excluding hydrogens is 464 g/mol. The third kappa shape index (κ3) is 3.97. The summed E-state index contributed by atoms with van der Waals surface area (Å²) in [6.07, 6.45) is 0. The number of aromatic nitrogens is 2. The third-order valence-electron chi connectivity index (χ3n) is 7.33. The molecule has 0 saturated heterocycles. The van der Waals surface area contributed by atoms with E-state index in [1.165, 1.54) is 27.8 Å². The van der Waals surface area contributed by atoms with Crippen LogP contribution in [0.25, 0.3) is 50.4 Å². The molecule has 6 rings (SSSR count). The lowest BCUT2D eigenvalue weighted by molar-refractivity contribution is 0.418. The fourth-order valence-corrected chi connectivity index (χ4v) is 5.45. The molecule has 0 atom stereocenters. The summed E-state index contributed by atoms with van der Waals surface area (Å²) in [4.78, 5) is 5.10. The SMILES string of the molecule is COc1c(-c2ccccc2C)cccc1-c1cc(C)c(-c2nc3ccccc3n2-c2ccccc2)cc1C. The topological polar surface area (TPSA) is 27.1 Å². The molecule has 3 nitrogen and oxygen atoms in total. The lowest BCUT2D eigenvalue weighted by Crippen LogP contribution is -2.00. The predicted octanol–water partition coefficient (Wildman–Crippen LogP) is 8.96. The average Bonchev–Trinajstić information content (AvgIpc) is 3.34. The average molecular weight is 495 g/mol. The smallest absolute Gasteiger partial charge is 0.146 e. The highest BCUT2D eigenvalue weighted by Crippen LogP contribution is 2.42. The van der Waals surface area contributed by atoms with Crippen LogP contribution in [-0.4, -0.2) is 16.7 Å². The molecule has 0 aliphatic heterocycles. The van der Waals surface area contributed by atoms with Gasteiger partial charge in [-0.2, -0.15) is 0 Å². The molecule has 0 aliphatic carbocycles. The summed E-state index contributed by atoms with van der Waals surface area (Å²) in [6, 6.07) is 38.2. The Kier molecular flexibility index (Phi) is 6.05. The Hall–Kier alpha value is -4.63. The number of ether oxygens (including phenoxy) is 1. The van der Waals surface area contributed by atoms with Gasteiger partial charge in [-0.3, -0.25) is 4.57 Å². The number of hydrogen-bond donors (Lipinski definition) is 0. The summed E-state index contributed by atoms with van der Waals surface area (Å²) in [7, 11) is 1.76. The van der Waals surface area contributed by atoms with E-state index in [1.54, 1.807) is 7.11 Å². The molecule has 0 spiro atoms. The zero-order valence-corrected chi connectivity index (χ0v) is 22.2. The zero-order chi connectivity index (χ0) is 26.2. The normalized spacial score (nSPS) is 11.2. The van der Waals surface area contributed by atoms with E-state index in [9.17, 15) is 0 Å². The van der Waals surface area contributed by atoms with E-state index >= 15 is 0 Å². The Morgan fingerprint density at radius 1 is 0.553 bits per heavy atom. The summed E-state index contributed by atoms with van der Waals surface area (Å²) >= 11 is 0.